The van der Waals surface area contributed by atoms with Crippen LogP contribution < -0.4 is 0 Å². The first-order chi connectivity index (χ1) is 7.40. The summed E-state index contributed by atoms with van der Waals surface area (Å²) in [5, 5.41) is 0. The number of imidazole rings is 1. The van der Waals surface area contributed by atoms with E-state index in [1.54, 1.807) is 0 Å². The van der Waals surface area contributed by atoms with Gasteiger partial charge in [-0.25, -0.2) is 4.98 Å². The van der Waals surface area contributed by atoms with E-state index in [0.717, 1.165) is 18.7 Å². The molecular formula is C13H16N2. The molecule has 15 heavy (non-hydrogen) atoms. The van der Waals surface area contributed by atoms with Gasteiger partial charge >= 0.3 is 0 Å². The SMILES string of the molecule is CCC(Cc1ncc[nH]1)c1ccccc1. The Morgan fingerprint density at radius 2 is 2.07 bits per heavy atom. The van der Waals surface area contributed by atoms with E-state index in [1.165, 1.54) is 5.56 Å². The summed E-state index contributed by atoms with van der Waals surface area (Å²) in [6, 6.07) is 10.6. The van der Waals surface area contributed by atoms with Crippen molar-refractivity contribution in [2.75, 3.05) is 0 Å². The molecule has 0 bridgehead atoms. The van der Waals surface area contributed by atoms with Crippen LogP contribution in [0, 0.1) is 0 Å². The average Bonchev–Trinajstić information content (AvgIpc) is 2.80. The van der Waals surface area contributed by atoms with E-state index in [2.05, 4.69) is 47.2 Å². The highest BCUT2D eigenvalue weighted by Crippen LogP contribution is 2.22. The van der Waals surface area contributed by atoms with E-state index in [1.807, 2.05) is 12.4 Å². The molecule has 0 saturated carbocycles. The van der Waals surface area contributed by atoms with Gasteiger partial charge in [0.05, 0.1) is 0 Å². The van der Waals surface area contributed by atoms with Crippen LogP contribution in [-0.2, 0) is 6.42 Å². The Balaban J connectivity index is 2.12. The minimum absolute atomic E-state index is 0.567. The fourth-order valence-corrected chi connectivity index (χ4v) is 1.87. The van der Waals surface area contributed by atoms with Crippen LogP contribution in [0.5, 0.6) is 0 Å². The summed E-state index contributed by atoms with van der Waals surface area (Å²) in [6.45, 7) is 2.22. The van der Waals surface area contributed by atoms with Gasteiger partial charge in [0.15, 0.2) is 0 Å². The molecule has 1 unspecified atom stereocenters. The Bertz CT molecular complexity index is 378. The molecule has 0 aliphatic carbocycles. The Kier molecular flexibility index (Phi) is 3.18. The highest BCUT2D eigenvalue weighted by Gasteiger charge is 2.10. The summed E-state index contributed by atoms with van der Waals surface area (Å²) in [5.41, 5.74) is 1.40. The van der Waals surface area contributed by atoms with Crippen LogP contribution >= 0.6 is 0 Å². The number of hydrogen-bond donors (Lipinski definition) is 1. The number of aromatic nitrogens is 2. The first kappa shape index (κ1) is 9.97. The van der Waals surface area contributed by atoms with Crippen LogP contribution in [0.15, 0.2) is 42.7 Å². The second-order valence-corrected chi connectivity index (χ2v) is 3.76. The van der Waals surface area contributed by atoms with Gasteiger partial charge in [-0.2, -0.15) is 0 Å². The summed E-state index contributed by atoms with van der Waals surface area (Å²) in [6.07, 6.45) is 5.83. The van der Waals surface area contributed by atoms with E-state index in [0.29, 0.717) is 5.92 Å². The lowest BCUT2D eigenvalue weighted by Gasteiger charge is -2.13. The molecule has 2 nitrogen and oxygen atoms in total. The zero-order chi connectivity index (χ0) is 10.5. The molecule has 2 aromatic rings. The van der Waals surface area contributed by atoms with Gasteiger partial charge in [0.25, 0.3) is 0 Å². The lowest BCUT2D eigenvalue weighted by atomic mass is 9.93. The summed E-state index contributed by atoms with van der Waals surface area (Å²) in [5.74, 6) is 1.64. The fraction of sp³-hybridized carbons (Fsp3) is 0.308. The van der Waals surface area contributed by atoms with E-state index >= 15 is 0 Å². The smallest absolute Gasteiger partial charge is 0.106 e. The van der Waals surface area contributed by atoms with Gasteiger partial charge in [0.1, 0.15) is 5.82 Å². The van der Waals surface area contributed by atoms with Gasteiger partial charge in [0.2, 0.25) is 0 Å². The number of nitrogens with zero attached hydrogens (tertiary/aromatic N) is 1. The molecule has 0 aliphatic rings. The van der Waals surface area contributed by atoms with Gasteiger partial charge in [0, 0.05) is 18.8 Å². The van der Waals surface area contributed by atoms with Gasteiger partial charge in [-0.1, -0.05) is 37.3 Å². The molecule has 0 saturated heterocycles. The zero-order valence-corrected chi connectivity index (χ0v) is 8.98. The normalized spacial score (nSPS) is 12.6. The molecule has 1 aromatic heterocycles. The van der Waals surface area contributed by atoms with Crippen molar-refractivity contribution in [3.05, 3.63) is 54.1 Å². The molecule has 1 N–H and O–H groups in total. The Labute approximate surface area is 90.4 Å². The van der Waals surface area contributed by atoms with Gasteiger partial charge in [-0.15, -0.1) is 0 Å². The van der Waals surface area contributed by atoms with Crippen LogP contribution in [-0.4, -0.2) is 9.97 Å². The third-order valence-corrected chi connectivity index (χ3v) is 2.76. The molecule has 0 fully saturated rings. The number of rotatable bonds is 4. The number of nitrogens with one attached hydrogen (secondary N) is 1. The maximum Gasteiger partial charge on any atom is 0.106 e. The molecule has 1 aromatic carbocycles. The average molecular weight is 200 g/mol. The zero-order valence-electron chi connectivity index (χ0n) is 8.98. The first-order valence-electron chi connectivity index (χ1n) is 5.43. The Hall–Kier alpha value is -1.57. The van der Waals surface area contributed by atoms with Crippen molar-refractivity contribution in [2.24, 2.45) is 0 Å². The number of hydrogen-bond acceptors (Lipinski definition) is 1. The topological polar surface area (TPSA) is 28.7 Å². The van der Waals surface area contributed by atoms with Crippen LogP contribution in [0.3, 0.4) is 0 Å². The lowest BCUT2D eigenvalue weighted by Crippen LogP contribution is -2.02. The molecule has 0 amide bonds. The number of H-pyrrole nitrogens is 1. The van der Waals surface area contributed by atoms with Crippen molar-refractivity contribution in [2.45, 2.75) is 25.7 Å². The molecule has 1 atom stereocenters. The summed E-state index contributed by atoms with van der Waals surface area (Å²) in [4.78, 5) is 7.43. The van der Waals surface area contributed by atoms with Crippen molar-refractivity contribution in [1.29, 1.82) is 0 Å². The summed E-state index contributed by atoms with van der Waals surface area (Å²) >= 11 is 0. The fourth-order valence-electron chi connectivity index (χ4n) is 1.87. The molecule has 2 rings (SSSR count). The minimum atomic E-state index is 0.567. The minimum Gasteiger partial charge on any atom is -0.349 e. The third-order valence-electron chi connectivity index (χ3n) is 2.76. The van der Waals surface area contributed by atoms with Crippen molar-refractivity contribution in [3.8, 4) is 0 Å². The van der Waals surface area contributed by atoms with Crippen molar-refractivity contribution < 1.29 is 0 Å². The molecule has 0 radical (unpaired) electrons. The van der Waals surface area contributed by atoms with E-state index < -0.39 is 0 Å². The standard InChI is InChI=1S/C13H16N2/c1-2-11(10-13-14-8-9-15-13)12-6-4-3-5-7-12/h3-9,11H,2,10H2,1H3,(H,14,15). The van der Waals surface area contributed by atoms with Crippen molar-refractivity contribution in [1.82, 2.24) is 9.97 Å². The maximum atomic E-state index is 4.27. The van der Waals surface area contributed by atoms with Crippen LogP contribution in [0.25, 0.3) is 0 Å². The van der Waals surface area contributed by atoms with Crippen LogP contribution in [0.1, 0.15) is 30.7 Å². The second kappa shape index (κ2) is 4.78. The van der Waals surface area contributed by atoms with Gasteiger partial charge in [-0.3, -0.25) is 0 Å². The summed E-state index contributed by atoms with van der Waals surface area (Å²) < 4.78 is 0. The first-order valence-corrected chi connectivity index (χ1v) is 5.43. The Morgan fingerprint density at radius 1 is 1.27 bits per heavy atom. The van der Waals surface area contributed by atoms with Gasteiger partial charge < -0.3 is 4.98 Å². The van der Waals surface area contributed by atoms with Crippen LogP contribution in [0.2, 0.25) is 0 Å². The van der Waals surface area contributed by atoms with E-state index in [4.69, 9.17) is 0 Å². The largest absolute Gasteiger partial charge is 0.349 e. The number of benzene rings is 1. The Morgan fingerprint density at radius 3 is 2.67 bits per heavy atom. The monoisotopic (exact) mass is 200 g/mol. The molecule has 0 spiro atoms. The van der Waals surface area contributed by atoms with E-state index in [-0.39, 0.29) is 0 Å². The molecule has 2 heteroatoms. The molecular weight excluding hydrogens is 184 g/mol. The lowest BCUT2D eigenvalue weighted by molar-refractivity contribution is 0.641. The highest BCUT2D eigenvalue weighted by atomic mass is 14.9. The highest BCUT2D eigenvalue weighted by molar-refractivity contribution is 5.20. The summed E-state index contributed by atoms with van der Waals surface area (Å²) in [7, 11) is 0. The third kappa shape index (κ3) is 2.46. The van der Waals surface area contributed by atoms with Gasteiger partial charge in [-0.05, 0) is 17.9 Å². The predicted molar refractivity (Wildman–Crippen MR) is 61.8 cm³/mol. The quantitative estimate of drug-likeness (QED) is 0.807. The van der Waals surface area contributed by atoms with Crippen molar-refractivity contribution >= 4 is 0 Å². The van der Waals surface area contributed by atoms with E-state index in [9.17, 15) is 0 Å². The number of aromatic amines is 1. The second-order valence-electron chi connectivity index (χ2n) is 3.76. The maximum absolute atomic E-state index is 4.27. The molecule has 1 heterocycles. The predicted octanol–water partition coefficient (Wildman–Crippen LogP) is 3.15. The van der Waals surface area contributed by atoms with Crippen molar-refractivity contribution in [3.63, 3.8) is 0 Å². The molecule has 78 valence electrons. The molecule has 0 aliphatic heterocycles. The van der Waals surface area contributed by atoms with Crippen LogP contribution in [0.4, 0.5) is 0 Å².